The lowest BCUT2D eigenvalue weighted by Gasteiger charge is -2.34. The number of hydrogen-bond donors (Lipinski definition) is 1. The number of morpholine rings is 1. The van der Waals surface area contributed by atoms with E-state index < -0.39 is 10.0 Å². The molecule has 1 aliphatic rings. The van der Waals surface area contributed by atoms with Crippen LogP contribution in [-0.4, -0.2) is 43.9 Å². The van der Waals surface area contributed by atoms with E-state index in [1.165, 1.54) is 34.1 Å². The van der Waals surface area contributed by atoms with Gasteiger partial charge in [-0.1, -0.05) is 26.0 Å². The van der Waals surface area contributed by atoms with Crippen LogP contribution in [0.25, 0.3) is 0 Å². The molecule has 2 aromatic rings. The normalized spacial score (nSPS) is 20.6. The molecule has 1 heterocycles. The minimum atomic E-state index is -3.62. The Morgan fingerprint density at radius 1 is 1.00 bits per heavy atom. The van der Waals surface area contributed by atoms with Gasteiger partial charge in [0.1, 0.15) is 0 Å². The first-order valence-electron chi connectivity index (χ1n) is 9.84. The molecule has 1 aliphatic heterocycles. The number of rotatable bonds is 5. The first kappa shape index (κ1) is 21.5. The van der Waals surface area contributed by atoms with Crippen LogP contribution in [0.1, 0.15) is 49.5 Å². The van der Waals surface area contributed by atoms with Crippen LogP contribution in [-0.2, 0) is 14.8 Å². The lowest BCUT2D eigenvalue weighted by molar-refractivity contribution is -0.0440. The third-order valence-corrected chi connectivity index (χ3v) is 6.82. The maximum absolute atomic E-state index is 12.9. The summed E-state index contributed by atoms with van der Waals surface area (Å²) in [6.07, 6.45) is -0.304. The topological polar surface area (TPSA) is 75.7 Å². The minimum absolute atomic E-state index is 0.152. The van der Waals surface area contributed by atoms with Crippen molar-refractivity contribution < 1.29 is 17.9 Å². The van der Waals surface area contributed by atoms with Gasteiger partial charge in [-0.05, 0) is 61.7 Å². The van der Waals surface area contributed by atoms with Gasteiger partial charge in [0.25, 0.3) is 5.91 Å². The molecular weight excluding hydrogens is 388 g/mol. The molecule has 29 heavy (non-hydrogen) atoms. The van der Waals surface area contributed by atoms with Gasteiger partial charge >= 0.3 is 0 Å². The molecule has 0 aromatic heterocycles. The summed E-state index contributed by atoms with van der Waals surface area (Å²) in [6.45, 7) is 8.59. The van der Waals surface area contributed by atoms with Crippen LogP contribution in [0, 0.1) is 0 Å². The Morgan fingerprint density at radius 3 is 2.07 bits per heavy atom. The van der Waals surface area contributed by atoms with Gasteiger partial charge in [0, 0.05) is 24.3 Å². The highest BCUT2D eigenvalue weighted by atomic mass is 32.2. The molecule has 3 rings (SSSR count). The van der Waals surface area contributed by atoms with Gasteiger partial charge in [0.15, 0.2) is 0 Å². The van der Waals surface area contributed by atoms with E-state index in [1.54, 1.807) is 0 Å². The van der Waals surface area contributed by atoms with Crippen LogP contribution >= 0.6 is 0 Å². The SMILES string of the molecule is CC(C)c1ccc(NC(=O)c2ccc(S(=O)(=O)N3C[C@@H](C)O[C@H](C)C3)cc2)cc1. The zero-order valence-electron chi connectivity index (χ0n) is 17.3. The van der Waals surface area contributed by atoms with Crippen molar-refractivity contribution in [2.75, 3.05) is 18.4 Å². The van der Waals surface area contributed by atoms with E-state index in [-0.39, 0.29) is 23.0 Å². The van der Waals surface area contributed by atoms with E-state index in [4.69, 9.17) is 4.74 Å². The number of nitrogens with one attached hydrogen (secondary N) is 1. The Kier molecular flexibility index (Phi) is 6.41. The number of amides is 1. The summed E-state index contributed by atoms with van der Waals surface area (Å²) in [6, 6.07) is 13.8. The molecule has 0 aliphatic carbocycles. The summed E-state index contributed by atoms with van der Waals surface area (Å²) in [4.78, 5) is 12.7. The van der Waals surface area contributed by atoms with Gasteiger partial charge < -0.3 is 10.1 Å². The van der Waals surface area contributed by atoms with Crippen molar-refractivity contribution in [1.29, 1.82) is 0 Å². The molecule has 0 radical (unpaired) electrons. The van der Waals surface area contributed by atoms with E-state index in [0.29, 0.717) is 30.3 Å². The number of hydrogen-bond acceptors (Lipinski definition) is 4. The average Bonchev–Trinajstić information content (AvgIpc) is 2.67. The summed E-state index contributed by atoms with van der Waals surface area (Å²) in [5.74, 6) is 0.145. The minimum Gasteiger partial charge on any atom is -0.373 e. The van der Waals surface area contributed by atoms with Gasteiger partial charge in [-0.3, -0.25) is 4.79 Å². The number of sulfonamides is 1. The fraction of sp³-hybridized carbons (Fsp3) is 0.409. The smallest absolute Gasteiger partial charge is 0.255 e. The molecule has 1 fully saturated rings. The molecule has 156 valence electrons. The number of nitrogens with zero attached hydrogens (tertiary/aromatic N) is 1. The Hall–Kier alpha value is -2.22. The van der Waals surface area contributed by atoms with Crippen molar-refractivity contribution in [3.8, 4) is 0 Å². The van der Waals surface area contributed by atoms with Crippen LogP contribution in [0.2, 0.25) is 0 Å². The molecule has 6 nitrogen and oxygen atoms in total. The van der Waals surface area contributed by atoms with Crippen molar-refractivity contribution in [2.45, 2.75) is 50.7 Å². The number of benzene rings is 2. The van der Waals surface area contributed by atoms with Gasteiger partial charge in [-0.2, -0.15) is 4.31 Å². The predicted octanol–water partition coefficient (Wildman–Crippen LogP) is 3.86. The first-order valence-corrected chi connectivity index (χ1v) is 11.3. The van der Waals surface area contributed by atoms with Crippen LogP contribution in [0.15, 0.2) is 53.4 Å². The molecule has 2 aromatic carbocycles. The fourth-order valence-electron chi connectivity index (χ4n) is 3.41. The molecule has 1 amide bonds. The maximum atomic E-state index is 12.9. The highest BCUT2D eigenvalue weighted by Gasteiger charge is 2.32. The summed E-state index contributed by atoms with van der Waals surface area (Å²) in [5.41, 5.74) is 2.30. The zero-order chi connectivity index (χ0) is 21.2. The second-order valence-electron chi connectivity index (χ2n) is 7.83. The first-order chi connectivity index (χ1) is 13.7. The Balaban J connectivity index is 1.71. The Labute approximate surface area is 172 Å². The second kappa shape index (κ2) is 8.65. The number of carbonyl (C=O) groups excluding carboxylic acids is 1. The van der Waals surface area contributed by atoms with Crippen LogP contribution in [0.4, 0.5) is 5.69 Å². The monoisotopic (exact) mass is 416 g/mol. The van der Waals surface area contributed by atoms with Crippen molar-refractivity contribution in [3.63, 3.8) is 0 Å². The third-order valence-electron chi connectivity index (χ3n) is 4.98. The van der Waals surface area contributed by atoms with Gasteiger partial charge in [-0.15, -0.1) is 0 Å². The molecule has 0 saturated carbocycles. The largest absolute Gasteiger partial charge is 0.373 e. The summed E-state index contributed by atoms with van der Waals surface area (Å²) < 4.78 is 32.9. The van der Waals surface area contributed by atoms with Crippen LogP contribution < -0.4 is 5.32 Å². The summed E-state index contributed by atoms with van der Waals surface area (Å²) >= 11 is 0. The highest BCUT2D eigenvalue weighted by Crippen LogP contribution is 2.22. The van der Waals surface area contributed by atoms with Crippen molar-refractivity contribution in [3.05, 3.63) is 59.7 Å². The molecule has 1 N–H and O–H groups in total. The van der Waals surface area contributed by atoms with Crippen LogP contribution in [0.5, 0.6) is 0 Å². The maximum Gasteiger partial charge on any atom is 0.255 e. The predicted molar refractivity (Wildman–Crippen MR) is 114 cm³/mol. The Morgan fingerprint density at radius 2 is 1.55 bits per heavy atom. The molecule has 1 saturated heterocycles. The Bertz CT molecular complexity index is 943. The lowest BCUT2D eigenvalue weighted by Crippen LogP contribution is -2.48. The standard InChI is InChI=1S/C22H28N2O4S/c1-15(2)18-5-9-20(10-6-18)23-22(25)19-7-11-21(12-8-19)29(26,27)24-13-16(3)28-17(4)14-24/h5-12,15-17H,13-14H2,1-4H3,(H,23,25)/t16-,17-/m1/s1. The third kappa shape index (κ3) is 5.04. The highest BCUT2D eigenvalue weighted by molar-refractivity contribution is 7.89. The average molecular weight is 417 g/mol. The molecular formula is C22H28N2O4S. The van der Waals surface area contributed by atoms with E-state index in [9.17, 15) is 13.2 Å². The fourth-order valence-corrected chi connectivity index (χ4v) is 5.00. The van der Waals surface area contributed by atoms with Crippen molar-refractivity contribution in [1.82, 2.24) is 4.31 Å². The molecule has 2 atom stereocenters. The molecule has 0 bridgehead atoms. The second-order valence-corrected chi connectivity index (χ2v) is 9.77. The molecule has 0 spiro atoms. The van der Waals surface area contributed by atoms with Gasteiger partial charge in [-0.25, -0.2) is 8.42 Å². The van der Waals surface area contributed by atoms with E-state index in [2.05, 4.69) is 19.2 Å². The number of ether oxygens (including phenoxy) is 1. The zero-order valence-corrected chi connectivity index (χ0v) is 18.1. The summed E-state index contributed by atoms with van der Waals surface area (Å²) in [5, 5.41) is 2.84. The molecule has 0 unspecified atom stereocenters. The van der Waals surface area contributed by atoms with Crippen molar-refractivity contribution >= 4 is 21.6 Å². The molecule has 7 heteroatoms. The number of anilines is 1. The van der Waals surface area contributed by atoms with Crippen molar-refractivity contribution in [2.24, 2.45) is 0 Å². The van der Waals surface area contributed by atoms with E-state index >= 15 is 0 Å². The van der Waals surface area contributed by atoms with Gasteiger partial charge in [0.2, 0.25) is 10.0 Å². The quantitative estimate of drug-likeness (QED) is 0.803. The van der Waals surface area contributed by atoms with E-state index in [0.717, 1.165) is 0 Å². The van der Waals surface area contributed by atoms with Gasteiger partial charge in [0.05, 0.1) is 17.1 Å². The lowest BCUT2D eigenvalue weighted by atomic mass is 10.0. The van der Waals surface area contributed by atoms with Crippen LogP contribution in [0.3, 0.4) is 0 Å². The number of carbonyl (C=O) groups is 1. The summed E-state index contributed by atoms with van der Waals surface area (Å²) in [7, 11) is -3.62. The van der Waals surface area contributed by atoms with E-state index in [1.807, 2.05) is 38.1 Å².